The third-order valence-electron chi connectivity index (χ3n) is 4.54. The first-order chi connectivity index (χ1) is 12.4. The van der Waals surface area contributed by atoms with Crippen molar-refractivity contribution in [1.82, 2.24) is 15.5 Å². The summed E-state index contributed by atoms with van der Waals surface area (Å²) in [6.45, 7) is 7.09. The van der Waals surface area contributed by atoms with E-state index in [-0.39, 0.29) is 29.8 Å². The SMILES string of the molecule is CCNC(=O)N1C[C@H](C(=O)NC(C)C)[C@H](c2cc(OC)ccc2OC)C1. The van der Waals surface area contributed by atoms with Gasteiger partial charge in [-0.1, -0.05) is 0 Å². The van der Waals surface area contributed by atoms with Crippen LogP contribution in [0.4, 0.5) is 4.79 Å². The van der Waals surface area contributed by atoms with Crippen LogP contribution < -0.4 is 20.1 Å². The summed E-state index contributed by atoms with van der Waals surface area (Å²) in [6, 6.07) is 5.43. The van der Waals surface area contributed by atoms with Gasteiger partial charge in [0.25, 0.3) is 0 Å². The molecule has 1 aliphatic rings. The molecule has 0 aromatic heterocycles. The van der Waals surface area contributed by atoms with Crippen LogP contribution in [0.1, 0.15) is 32.3 Å². The van der Waals surface area contributed by atoms with E-state index < -0.39 is 0 Å². The number of benzene rings is 1. The highest BCUT2D eigenvalue weighted by Gasteiger charge is 2.41. The molecule has 3 amide bonds. The zero-order valence-electron chi connectivity index (χ0n) is 16.2. The minimum atomic E-state index is -0.346. The molecule has 1 aromatic rings. The fourth-order valence-electron chi connectivity index (χ4n) is 3.33. The lowest BCUT2D eigenvalue weighted by Gasteiger charge is -2.21. The molecule has 144 valence electrons. The van der Waals surface area contributed by atoms with Gasteiger partial charge in [-0.25, -0.2) is 4.79 Å². The number of urea groups is 1. The Morgan fingerprint density at radius 1 is 1.23 bits per heavy atom. The van der Waals surface area contributed by atoms with Gasteiger partial charge in [0.2, 0.25) is 5.91 Å². The quantitative estimate of drug-likeness (QED) is 0.810. The van der Waals surface area contributed by atoms with Gasteiger partial charge < -0.3 is 25.0 Å². The van der Waals surface area contributed by atoms with E-state index in [1.54, 1.807) is 19.1 Å². The summed E-state index contributed by atoms with van der Waals surface area (Å²) in [6.07, 6.45) is 0. The molecule has 1 fully saturated rings. The monoisotopic (exact) mass is 363 g/mol. The van der Waals surface area contributed by atoms with Crippen LogP contribution in [-0.2, 0) is 4.79 Å². The lowest BCUT2D eigenvalue weighted by molar-refractivity contribution is -0.125. The minimum absolute atomic E-state index is 0.0360. The molecule has 0 aliphatic carbocycles. The maximum atomic E-state index is 12.8. The Balaban J connectivity index is 2.38. The van der Waals surface area contributed by atoms with E-state index in [0.29, 0.717) is 31.1 Å². The van der Waals surface area contributed by atoms with Crippen LogP contribution in [0.3, 0.4) is 0 Å². The van der Waals surface area contributed by atoms with Crippen molar-refractivity contribution in [2.75, 3.05) is 33.9 Å². The summed E-state index contributed by atoms with van der Waals surface area (Å²) in [4.78, 5) is 26.8. The molecule has 1 aliphatic heterocycles. The predicted molar refractivity (Wildman–Crippen MR) is 99.7 cm³/mol. The zero-order valence-corrected chi connectivity index (χ0v) is 16.2. The molecular formula is C19H29N3O4. The van der Waals surface area contributed by atoms with Crippen molar-refractivity contribution in [2.45, 2.75) is 32.7 Å². The zero-order chi connectivity index (χ0) is 19.3. The molecule has 7 nitrogen and oxygen atoms in total. The molecule has 1 heterocycles. The average Bonchev–Trinajstić information content (AvgIpc) is 3.06. The second kappa shape index (κ2) is 8.78. The van der Waals surface area contributed by atoms with Crippen molar-refractivity contribution < 1.29 is 19.1 Å². The Kier molecular flexibility index (Phi) is 6.71. The summed E-state index contributed by atoms with van der Waals surface area (Å²) in [5, 5.41) is 5.78. The maximum absolute atomic E-state index is 12.8. The molecule has 26 heavy (non-hydrogen) atoms. The van der Waals surface area contributed by atoms with E-state index in [1.807, 2.05) is 39.0 Å². The summed E-state index contributed by atoms with van der Waals surface area (Å²) in [5.74, 6) is 0.820. The molecule has 1 aromatic carbocycles. The van der Waals surface area contributed by atoms with Crippen molar-refractivity contribution in [3.8, 4) is 11.5 Å². The number of likely N-dealkylation sites (tertiary alicyclic amines) is 1. The van der Waals surface area contributed by atoms with Gasteiger partial charge in [-0.2, -0.15) is 0 Å². The molecule has 0 unspecified atom stereocenters. The highest BCUT2D eigenvalue weighted by molar-refractivity contribution is 5.83. The van der Waals surface area contributed by atoms with Crippen molar-refractivity contribution in [2.24, 2.45) is 5.92 Å². The number of carbonyl (C=O) groups excluding carboxylic acids is 2. The molecule has 0 radical (unpaired) electrons. The lowest BCUT2D eigenvalue weighted by atomic mass is 9.87. The second-order valence-electron chi connectivity index (χ2n) is 6.72. The van der Waals surface area contributed by atoms with Gasteiger partial charge in [0.15, 0.2) is 0 Å². The fourth-order valence-corrected chi connectivity index (χ4v) is 3.33. The van der Waals surface area contributed by atoms with Crippen LogP contribution in [0.5, 0.6) is 11.5 Å². The number of hydrogen-bond acceptors (Lipinski definition) is 4. The minimum Gasteiger partial charge on any atom is -0.497 e. The van der Waals surface area contributed by atoms with Gasteiger partial charge in [0, 0.05) is 37.2 Å². The molecule has 2 rings (SSSR count). The number of amides is 3. The normalized spacial score (nSPS) is 19.4. The number of rotatable bonds is 6. The summed E-state index contributed by atoms with van der Waals surface area (Å²) < 4.78 is 10.8. The van der Waals surface area contributed by atoms with Crippen molar-refractivity contribution in [3.05, 3.63) is 23.8 Å². The Hall–Kier alpha value is -2.44. The first-order valence-corrected chi connectivity index (χ1v) is 8.96. The van der Waals surface area contributed by atoms with Gasteiger partial charge in [0.1, 0.15) is 11.5 Å². The largest absolute Gasteiger partial charge is 0.497 e. The first-order valence-electron chi connectivity index (χ1n) is 8.96. The molecule has 0 bridgehead atoms. The molecule has 2 atom stereocenters. The average molecular weight is 363 g/mol. The lowest BCUT2D eigenvalue weighted by Crippen LogP contribution is -2.41. The number of nitrogens with zero attached hydrogens (tertiary/aromatic N) is 1. The number of nitrogens with one attached hydrogen (secondary N) is 2. The summed E-state index contributed by atoms with van der Waals surface area (Å²) >= 11 is 0. The standard InChI is InChI=1S/C19H29N3O4/c1-6-20-19(24)22-10-15(16(11-22)18(23)21-12(2)3)14-9-13(25-4)7-8-17(14)26-5/h7-9,12,15-16H,6,10-11H2,1-5H3,(H,20,24)(H,21,23)/t15-,16-/m0/s1. The van der Waals surface area contributed by atoms with Gasteiger partial charge in [-0.15, -0.1) is 0 Å². The van der Waals surface area contributed by atoms with Crippen molar-refractivity contribution in [1.29, 1.82) is 0 Å². The van der Waals surface area contributed by atoms with Gasteiger partial charge in [-0.05, 0) is 39.0 Å². The molecular weight excluding hydrogens is 334 g/mol. The Morgan fingerprint density at radius 3 is 2.54 bits per heavy atom. The van der Waals surface area contributed by atoms with Crippen LogP contribution >= 0.6 is 0 Å². The molecule has 0 saturated carbocycles. The van der Waals surface area contributed by atoms with Crippen LogP contribution in [-0.4, -0.2) is 56.7 Å². The molecule has 0 spiro atoms. The van der Waals surface area contributed by atoms with E-state index in [1.165, 1.54) is 0 Å². The first kappa shape index (κ1) is 19.9. The summed E-state index contributed by atoms with van der Waals surface area (Å²) in [7, 11) is 3.20. The predicted octanol–water partition coefficient (Wildman–Crippen LogP) is 1.97. The molecule has 2 N–H and O–H groups in total. The van der Waals surface area contributed by atoms with Crippen LogP contribution in [0.15, 0.2) is 18.2 Å². The maximum Gasteiger partial charge on any atom is 0.317 e. The highest BCUT2D eigenvalue weighted by atomic mass is 16.5. The van der Waals surface area contributed by atoms with E-state index in [4.69, 9.17) is 9.47 Å². The van der Waals surface area contributed by atoms with Gasteiger partial charge in [-0.3, -0.25) is 4.79 Å². The molecule has 1 saturated heterocycles. The number of carbonyl (C=O) groups is 2. The number of ether oxygens (including phenoxy) is 2. The highest BCUT2D eigenvalue weighted by Crippen LogP contribution is 2.39. The number of methoxy groups -OCH3 is 2. The Labute approximate surface area is 155 Å². The smallest absolute Gasteiger partial charge is 0.317 e. The third kappa shape index (κ3) is 4.39. The van der Waals surface area contributed by atoms with E-state index in [2.05, 4.69) is 10.6 Å². The third-order valence-corrected chi connectivity index (χ3v) is 4.54. The van der Waals surface area contributed by atoms with Crippen LogP contribution in [0.2, 0.25) is 0 Å². The summed E-state index contributed by atoms with van der Waals surface area (Å²) in [5.41, 5.74) is 0.877. The van der Waals surface area contributed by atoms with Crippen molar-refractivity contribution in [3.63, 3.8) is 0 Å². The van der Waals surface area contributed by atoms with Crippen LogP contribution in [0, 0.1) is 5.92 Å². The van der Waals surface area contributed by atoms with Gasteiger partial charge >= 0.3 is 6.03 Å². The van der Waals surface area contributed by atoms with E-state index in [9.17, 15) is 9.59 Å². The van der Waals surface area contributed by atoms with Crippen molar-refractivity contribution >= 4 is 11.9 Å². The Morgan fingerprint density at radius 2 is 1.96 bits per heavy atom. The van der Waals surface area contributed by atoms with Crippen LogP contribution in [0.25, 0.3) is 0 Å². The van der Waals surface area contributed by atoms with E-state index in [0.717, 1.165) is 5.56 Å². The molecule has 7 heteroatoms. The topological polar surface area (TPSA) is 79.9 Å². The van der Waals surface area contributed by atoms with Gasteiger partial charge in [0.05, 0.1) is 20.1 Å². The number of hydrogen-bond donors (Lipinski definition) is 2. The van der Waals surface area contributed by atoms with E-state index >= 15 is 0 Å². The Bertz CT molecular complexity index is 648. The fraction of sp³-hybridized carbons (Fsp3) is 0.579. The second-order valence-corrected chi connectivity index (χ2v) is 6.72.